The number of aromatic amines is 1. The standard InChI is InChI=1S/C14H13F3N2O5/c15-14(16,17)24-9-2-1-8-5-11(19-10(8)6-9)13(22)18-3-4-23-7-12(20)21/h1-2,5-6,19H,3-4,7H2,(H,18,22)(H,20,21). The molecule has 0 saturated heterocycles. The second-order valence-electron chi connectivity index (χ2n) is 4.68. The van der Waals surface area contributed by atoms with Crippen LogP contribution in [0.25, 0.3) is 10.9 Å². The maximum absolute atomic E-state index is 12.2. The Morgan fingerprint density at radius 1 is 1.25 bits per heavy atom. The first-order valence-electron chi connectivity index (χ1n) is 6.71. The molecule has 3 N–H and O–H groups in total. The fourth-order valence-corrected chi connectivity index (χ4v) is 1.92. The zero-order chi connectivity index (χ0) is 17.7. The molecule has 1 aromatic carbocycles. The number of halogens is 3. The number of aromatic nitrogens is 1. The van der Waals surface area contributed by atoms with Gasteiger partial charge in [-0.2, -0.15) is 0 Å². The number of ether oxygens (including phenoxy) is 2. The Morgan fingerprint density at radius 2 is 2.00 bits per heavy atom. The third-order valence-corrected chi connectivity index (χ3v) is 2.83. The van der Waals surface area contributed by atoms with Gasteiger partial charge in [0.2, 0.25) is 0 Å². The summed E-state index contributed by atoms with van der Waals surface area (Å²) in [6, 6.07) is 5.14. The number of fused-ring (bicyclic) bond motifs is 1. The molecule has 1 heterocycles. The van der Waals surface area contributed by atoms with E-state index in [1.165, 1.54) is 12.1 Å². The maximum Gasteiger partial charge on any atom is 0.573 e. The van der Waals surface area contributed by atoms with E-state index in [2.05, 4.69) is 15.0 Å². The van der Waals surface area contributed by atoms with Gasteiger partial charge in [-0.05, 0) is 18.2 Å². The highest BCUT2D eigenvalue weighted by Gasteiger charge is 2.31. The molecule has 24 heavy (non-hydrogen) atoms. The van der Waals surface area contributed by atoms with E-state index in [0.29, 0.717) is 10.9 Å². The normalized spacial score (nSPS) is 11.5. The molecule has 0 radical (unpaired) electrons. The van der Waals surface area contributed by atoms with Gasteiger partial charge >= 0.3 is 12.3 Å². The van der Waals surface area contributed by atoms with Gasteiger partial charge in [0.25, 0.3) is 5.91 Å². The van der Waals surface area contributed by atoms with Crippen molar-refractivity contribution < 1.29 is 37.3 Å². The number of carboxylic acid groups (broad SMARTS) is 1. The third-order valence-electron chi connectivity index (χ3n) is 2.83. The van der Waals surface area contributed by atoms with Crippen molar-refractivity contribution in [2.75, 3.05) is 19.8 Å². The summed E-state index contributed by atoms with van der Waals surface area (Å²) >= 11 is 0. The van der Waals surface area contributed by atoms with E-state index >= 15 is 0 Å². The number of aliphatic carboxylic acids is 1. The smallest absolute Gasteiger partial charge is 0.480 e. The summed E-state index contributed by atoms with van der Waals surface area (Å²) in [6.07, 6.45) is -4.80. The number of amides is 1. The van der Waals surface area contributed by atoms with E-state index in [0.717, 1.165) is 12.1 Å². The first-order chi connectivity index (χ1) is 11.2. The molecule has 130 valence electrons. The second-order valence-corrected chi connectivity index (χ2v) is 4.68. The Balaban J connectivity index is 1.97. The van der Waals surface area contributed by atoms with Crippen molar-refractivity contribution in [2.24, 2.45) is 0 Å². The first kappa shape index (κ1) is 17.6. The van der Waals surface area contributed by atoms with Crippen molar-refractivity contribution in [1.29, 1.82) is 0 Å². The van der Waals surface area contributed by atoms with Gasteiger partial charge in [0.1, 0.15) is 18.1 Å². The zero-order valence-electron chi connectivity index (χ0n) is 12.1. The number of rotatable bonds is 7. The number of alkyl halides is 3. The minimum atomic E-state index is -4.80. The molecule has 10 heteroatoms. The average Bonchev–Trinajstić information content (AvgIpc) is 2.87. The SMILES string of the molecule is O=C(O)COCCNC(=O)c1cc2ccc(OC(F)(F)F)cc2[nH]1. The predicted octanol–water partition coefficient (Wildman–Crippen LogP) is 1.90. The van der Waals surface area contributed by atoms with Gasteiger partial charge in [-0.15, -0.1) is 13.2 Å². The van der Waals surface area contributed by atoms with Crippen LogP contribution in [0.1, 0.15) is 10.5 Å². The molecule has 0 atom stereocenters. The van der Waals surface area contributed by atoms with E-state index in [-0.39, 0.29) is 18.8 Å². The van der Waals surface area contributed by atoms with Gasteiger partial charge < -0.3 is 24.9 Å². The van der Waals surface area contributed by atoms with Crippen molar-refractivity contribution >= 4 is 22.8 Å². The van der Waals surface area contributed by atoms with Crippen LogP contribution in [0.3, 0.4) is 0 Å². The average molecular weight is 346 g/mol. The Hall–Kier alpha value is -2.75. The zero-order valence-corrected chi connectivity index (χ0v) is 12.1. The molecular formula is C14H13F3N2O5. The third kappa shape index (κ3) is 5.16. The molecule has 0 fully saturated rings. The quantitative estimate of drug-likeness (QED) is 0.665. The number of nitrogens with one attached hydrogen (secondary N) is 2. The molecule has 0 unspecified atom stereocenters. The Labute approximate surface area is 133 Å². The Morgan fingerprint density at radius 3 is 2.67 bits per heavy atom. The summed E-state index contributed by atoms with van der Waals surface area (Å²) < 4.78 is 45.1. The fraction of sp³-hybridized carbons (Fsp3) is 0.286. The minimum absolute atomic E-state index is 0.0157. The van der Waals surface area contributed by atoms with Crippen LogP contribution in [0, 0.1) is 0 Å². The van der Waals surface area contributed by atoms with Gasteiger partial charge in [-0.1, -0.05) is 0 Å². The highest BCUT2D eigenvalue weighted by atomic mass is 19.4. The van der Waals surface area contributed by atoms with Gasteiger partial charge in [0, 0.05) is 23.5 Å². The Bertz CT molecular complexity index is 742. The van der Waals surface area contributed by atoms with E-state index in [1.807, 2.05) is 0 Å². The lowest BCUT2D eigenvalue weighted by molar-refractivity contribution is -0.274. The number of carbonyl (C=O) groups excluding carboxylic acids is 1. The molecule has 2 aromatic rings. The van der Waals surface area contributed by atoms with Gasteiger partial charge in [-0.3, -0.25) is 4.79 Å². The van der Waals surface area contributed by atoms with Crippen LogP contribution >= 0.6 is 0 Å². The predicted molar refractivity (Wildman–Crippen MR) is 75.8 cm³/mol. The van der Waals surface area contributed by atoms with E-state index in [4.69, 9.17) is 9.84 Å². The monoisotopic (exact) mass is 346 g/mol. The van der Waals surface area contributed by atoms with Gasteiger partial charge in [0.15, 0.2) is 0 Å². The van der Waals surface area contributed by atoms with Gasteiger partial charge in [0.05, 0.1) is 6.61 Å². The lowest BCUT2D eigenvalue weighted by atomic mass is 10.2. The topological polar surface area (TPSA) is 101 Å². The number of hydrogen-bond donors (Lipinski definition) is 3. The van der Waals surface area contributed by atoms with Crippen LogP contribution in [0.4, 0.5) is 13.2 Å². The molecular weight excluding hydrogens is 333 g/mol. The summed E-state index contributed by atoms with van der Waals surface area (Å²) in [7, 11) is 0. The molecule has 1 amide bonds. The summed E-state index contributed by atoms with van der Waals surface area (Å²) in [6.45, 7) is -0.365. The molecule has 0 bridgehead atoms. The number of carbonyl (C=O) groups is 2. The van der Waals surface area contributed by atoms with E-state index in [9.17, 15) is 22.8 Å². The second kappa shape index (κ2) is 7.21. The summed E-state index contributed by atoms with van der Waals surface area (Å²) in [5.74, 6) is -2.01. The minimum Gasteiger partial charge on any atom is -0.480 e. The van der Waals surface area contributed by atoms with Crippen LogP contribution in [-0.4, -0.2) is 48.1 Å². The van der Waals surface area contributed by atoms with Crippen molar-refractivity contribution in [2.45, 2.75) is 6.36 Å². The molecule has 0 saturated carbocycles. The number of carboxylic acids is 1. The van der Waals surface area contributed by atoms with Crippen LogP contribution in [0.15, 0.2) is 24.3 Å². The first-order valence-corrected chi connectivity index (χ1v) is 6.71. The van der Waals surface area contributed by atoms with Crippen LogP contribution in [0.5, 0.6) is 5.75 Å². The number of benzene rings is 1. The van der Waals surface area contributed by atoms with Crippen LogP contribution < -0.4 is 10.1 Å². The van der Waals surface area contributed by atoms with Crippen molar-refractivity contribution in [1.82, 2.24) is 10.3 Å². The highest BCUT2D eigenvalue weighted by Crippen LogP contribution is 2.26. The lowest BCUT2D eigenvalue weighted by Gasteiger charge is -2.08. The summed E-state index contributed by atoms with van der Waals surface area (Å²) in [4.78, 5) is 24.8. The molecule has 0 aliphatic heterocycles. The highest BCUT2D eigenvalue weighted by molar-refractivity contribution is 5.98. The molecule has 1 aromatic heterocycles. The largest absolute Gasteiger partial charge is 0.573 e. The van der Waals surface area contributed by atoms with Gasteiger partial charge in [-0.25, -0.2) is 4.79 Å². The Kier molecular flexibility index (Phi) is 5.29. The molecule has 2 rings (SSSR count). The summed E-state index contributed by atoms with van der Waals surface area (Å²) in [5, 5.41) is 11.4. The van der Waals surface area contributed by atoms with Crippen LogP contribution in [-0.2, 0) is 9.53 Å². The lowest BCUT2D eigenvalue weighted by Crippen LogP contribution is -2.28. The van der Waals surface area contributed by atoms with E-state index in [1.54, 1.807) is 0 Å². The van der Waals surface area contributed by atoms with E-state index < -0.39 is 30.6 Å². The van der Waals surface area contributed by atoms with Crippen molar-refractivity contribution in [3.63, 3.8) is 0 Å². The summed E-state index contributed by atoms with van der Waals surface area (Å²) in [5.41, 5.74) is 0.455. The van der Waals surface area contributed by atoms with Crippen molar-refractivity contribution in [3.05, 3.63) is 30.0 Å². The molecule has 0 aliphatic carbocycles. The number of H-pyrrole nitrogens is 1. The molecule has 0 spiro atoms. The number of hydrogen-bond acceptors (Lipinski definition) is 4. The maximum atomic E-state index is 12.2. The van der Waals surface area contributed by atoms with Crippen molar-refractivity contribution in [3.8, 4) is 5.75 Å². The molecule has 7 nitrogen and oxygen atoms in total. The fourth-order valence-electron chi connectivity index (χ4n) is 1.92. The molecule has 0 aliphatic rings. The van der Waals surface area contributed by atoms with Crippen LogP contribution in [0.2, 0.25) is 0 Å².